The van der Waals surface area contributed by atoms with Gasteiger partial charge in [-0.1, -0.05) is 36.4 Å². The summed E-state index contributed by atoms with van der Waals surface area (Å²) in [5.41, 5.74) is -0.248. The maximum Gasteiger partial charge on any atom is 0.337 e. The maximum absolute atomic E-state index is 14.7. The first-order chi connectivity index (χ1) is 17.2. The number of ether oxygens (including phenoxy) is 2. The molecule has 0 radical (unpaired) electrons. The number of halogens is 2. The first-order valence-electron chi connectivity index (χ1n) is 11.6. The van der Waals surface area contributed by atoms with Gasteiger partial charge >= 0.3 is 5.97 Å². The molecule has 9 heteroatoms. The molecule has 2 aliphatic rings. The van der Waals surface area contributed by atoms with Crippen LogP contribution in [0.1, 0.15) is 5.56 Å². The lowest BCUT2D eigenvalue weighted by atomic mass is 9.78. The van der Waals surface area contributed by atoms with Gasteiger partial charge in [0.25, 0.3) is 5.91 Å². The highest BCUT2D eigenvalue weighted by molar-refractivity contribution is 6.07. The van der Waals surface area contributed by atoms with Gasteiger partial charge in [0.15, 0.2) is 0 Å². The van der Waals surface area contributed by atoms with Gasteiger partial charge in [-0.2, -0.15) is 0 Å². The monoisotopic (exact) mass is 497 g/mol. The van der Waals surface area contributed by atoms with Gasteiger partial charge in [-0.05, 0) is 44.3 Å². The highest BCUT2D eigenvalue weighted by Gasteiger charge is 2.58. The molecule has 2 aromatic rings. The summed E-state index contributed by atoms with van der Waals surface area (Å²) in [5.74, 6) is -2.63. The minimum absolute atomic E-state index is 0.0419. The van der Waals surface area contributed by atoms with Crippen molar-refractivity contribution in [3.05, 3.63) is 89.0 Å². The molecule has 2 aromatic carbocycles. The van der Waals surface area contributed by atoms with Crippen LogP contribution in [0.15, 0.2) is 71.8 Å². The molecule has 3 unspecified atom stereocenters. The topological polar surface area (TPSA) is 79.9 Å². The zero-order valence-corrected chi connectivity index (χ0v) is 20.4. The van der Waals surface area contributed by atoms with E-state index in [1.54, 1.807) is 12.2 Å². The predicted octanol–water partition coefficient (Wildman–Crippen LogP) is 2.84. The molecule has 7 nitrogen and oxygen atoms in total. The highest BCUT2D eigenvalue weighted by atomic mass is 19.1. The highest BCUT2D eigenvalue weighted by Crippen LogP contribution is 2.47. The van der Waals surface area contributed by atoms with E-state index in [0.717, 1.165) is 17.7 Å². The van der Waals surface area contributed by atoms with Crippen molar-refractivity contribution in [2.24, 2.45) is 0 Å². The molecule has 1 amide bonds. The lowest BCUT2D eigenvalue weighted by molar-refractivity contribution is -0.138. The number of likely N-dealkylation sites (N-methyl/N-ethyl adjacent to an activating group) is 1. The fourth-order valence-corrected chi connectivity index (χ4v) is 4.60. The Bertz CT molecular complexity index is 1200. The van der Waals surface area contributed by atoms with Crippen molar-refractivity contribution >= 4 is 17.6 Å². The minimum Gasteiger partial charge on any atom is -0.466 e. The van der Waals surface area contributed by atoms with E-state index in [1.807, 2.05) is 49.3 Å². The molecule has 3 atom stereocenters. The number of methoxy groups -OCH3 is 1. The Labute approximate surface area is 208 Å². The summed E-state index contributed by atoms with van der Waals surface area (Å²) in [6.07, 6.45) is 2.97. The van der Waals surface area contributed by atoms with Gasteiger partial charge in [0, 0.05) is 19.2 Å². The lowest BCUT2D eigenvalue weighted by Crippen LogP contribution is -2.50. The van der Waals surface area contributed by atoms with Gasteiger partial charge < -0.3 is 25.0 Å². The maximum atomic E-state index is 14.7. The molecule has 2 aliphatic heterocycles. The molecular formula is C27H29F2N3O4. The fourth-order valence-electron chi connectivity index (χ4n) is 4.60. The second-order valence-corrected chi connectivity index (χ2v) is 9.04. The number of nitrogens with one attached hydrogen (secondary N) is 2. The molecule has 4 rings (SSSR count). The lowest BCUT2D eigenvalue weighted by Gasteiger charge is -2.36. The van der Waals surface area contributed by atoms with Crippen LogP contribution in [-0.4, -0.2) is 68.8 Å². The molecule has 0 aliphatic carbocycles. The summed E-state index contributed by atoms with van der Waals surface area (Å²) >= 11 is 0. The molecule has 0 saturated carbocycles. The van der Waals surface area contributed by atoms with E-state index in [1.165, 1.54) is 13.2 Å². The van der Waals surface area contributed by atoms with Crippen LogP contribution in [0.25, 0.3) is 0 Å². The van der Waals surface area contributed by atoms with Crippen molar-refractivity contribution in [3.63, 3.8) is 0 Å². The second-order valence-electron chi connectivity index (χ2n) is 9.04. The van der Waals surface area contributed by atoms with Gasteiger partial charge in [-0.3, -0.25) is 4.79 Å². The molecule has 2 N–H and O–H groups in total. The normalized spacial score (nSPS) is 21.1. The van der Waals surface area contributed by atoms with Gasteiger partial charge in [0.05, 0.1) is 30.0 Å². The van der Waals surface area contributed by atoms with Crippen LogP contribution >= 0.6 is 0 Å². The van der Waals surface area contributed by atoms with E-state index in [0.29, 0.717) is 19.5 Å². The third-order valence-corrected chi connectivity index (χ3v) is 6.33. The van der Waals surface area contributed by atoms with E-state index < -0.39 is 41.3 Å². The Balaban J connectivity index is 1.76. The molecule has 0 fully saturated rings. The number of fused-ring (bicyclic) bond motifs is 2. The number of hydrogen-bond acceptors (Lipinski definition) is 6. The van der Waals surface area contributed by atoms with Crippen LogP contribution in [-0.2, 0) is 25.5 Å². The van der Waals surface area contributed by atoms with Gasteiger partial charge in [0.2, 0.25) is 0 Å². The SMILES string of the molecule is COC(=O)C1=C(C(=O)NCCN(C)C)C2C=CC1(C(Cc1ccccc1)Nc1ccc(F)cc1F)O2. The number of rotatable bonds is 10. The van der Waals surface area contributed by atoms with Crippen molar-refractivity contribution in [2.45, 2.75) is 24.2 Å². The number of hydrogen-bond donors (Lipinski definition) is 2. The summed E-state index contributed by atoms with van der Waals surface area (Å²) in [6, 6.07) is 11.9. The average molecular weight is 498 g/mol. The summed E-state index contributed by atoms with van der Waals surface area (Å²) < 4.78 is 39.6. The number of nitrogens with zero attached hydrogens (tertiary/aromatic N) is 1. The van der Waals surface area contributed by atoms with Crippen LogP contribution in [0.3, 0.4) is 0 Å². The van der Waals surface area contributed by atoms with Gasteiger partial charge in [0.1, 0.15) is 23.3 Å². The predicted molar refractivity (Wildman–Crippen MR) is 131 cm³/mol. The van der Waals surface area contributed by atoms with Crippen LogP contribution in [0.5, 0.6) is 0 Å². The molecule has 0 spiro atoms. The first-order valence-corrected chi connectivity index (χ1v) is 11.6. The number of esters is 1. The van der Waals surface area contributed by atoms with Crippen LogP contribution in [0, 0.1) is 11.6 Å². The van der Waals surface area contributed by atoms with Crippen molar-refractivity contribution in [3.8, 4) is 0 Å². The van der Waals surface area contributed by atoms with E-state index in [-0.39, 0.29) is 16.8 Å². The summed E-state index contributed by atoms with van der Waals surface area (Å²) in [4.78, 5) is 28.2. The van der Waals surface area contributed by atoms with Crippen molar-refractivity contribution < 1.29 is 27.8 Å². The Morgan fingerprint density at radius 3 is 2.58 bits per heavy atom. The van der Waals surface area contributed by atoms with Crippen LogP contribution in [0.4, 0.5) is 14.5 Å². The van der Waals surface area contributed by atoms with E-state index in [2.05, 4.69) is 10.6 Å². The van der Waals surface area contributed by atoms with E-state index in [9.17, 15) is 18.4 Å². The zero-order chi connectivity index (χ0) is 25.9. The van der Waals surface area contributed by atoms with Gasteiger partial charge in [-0.25, -0.2) is 13.6 Å². The standard InChI is InChI=1S/C27H29F2N3O4/c1-32(2)14-13-30-25(33)23-21-11-12-27(36-21,24(23)26(34)35-3)22(15-17-7-5-4-6-8-17)31-20-10-9-18(28)16-19(20)29/h4-12,16,21-22,31H,13-15H2,1-3H3,(H,30,33). The molecule has 36 heavy (non-hydrogen) atoms. The summed E-state index contributed by atoms with van der Waals surface area (Å²) in [6.45, 7) is 0.987. The summed E-state index contributed by atoms with van der Waals surface area (Å²) in [7, 11) is 5.01. The van der Waals surface area contributed by atoms with Crippen molar-refractivity contribution in [2.75, 3.05) is 39.6 Å². The number of carbonyl (C=O) groups is 2. The molecular weight excluding hydrogens is 468 g/mol. The minimum atomic E-state index is -1.41. The molecule has 2 bridgehead atoms. The van der Waals surface area contributed by atoms with Crippen molar-refractivity contribution in [1.82, 2.24) is 10.2 Å². The molecule has 190 valence electrons. The summed E-state index contributed by atoms with van der Waals surface area (Å²) in [5, 5.41) is 5.95. The van der Waals surface area contributed by atoms with Crippen molar-refractivity contribution in [1.29, 1.82) is 0 Å². The average Bonchev–Trinajstić information content (AvgIpc) is 3.43. The molecule has 0 saturated heterocycles. The van der Waals surface area contributed by atoms with E-state index in [4.69, 9.17) is 9.47 Å². The van der Waals surface area contributed by atoms with Gasteiger partial charge in [-0.15, -0.1) is 0 Å². The quantitative estimate of drug-likeness (QED) is 0.388. The largest absolute Gasteiger partial charge is 0.466 e. The Morgan fingerprint density at radius 2 is 1.92 bits per heavy atom. The Hall–Kier alpha value is -3.56. The number of carbonyl (C=O) groups excluding carboxylic acids is 2. The first kappa shape index (κ1) is 25.5. The van der Waals surface area contributed by atoms with Crippen LogP contribution < -0.4 is 10.6 Å². The molecule has 0 aromatic heterocycles. The van der Waals surface area contributed by atoms with E-state index >= 15 is 0 Å². The fraction of sp³-hybridized carbons (Fsp3) is 0.333. The number of amides is 1. The number of anilines is 1. The zero-order valence-electron chi connectivity index (χ0n) is 20.4. The van der Waals surface area contributed by atoms with Crippen LogP contribution in [0.2, 0.25) is 0 Å². The Kier molecular flexibility index (Phi) is 7.51. The Morgan fingerprint density at radius 1 is 1.17 bits per heavy atom. The number of benzene rings is 2. The third kappa shape index (κ3) is 5.03. The second kappa shape index (κ2) is 10.6. The smallest absolute Gasteiger partial charge is 0.337 e. The third-order valence-electron chi connectivity index (χ3n) is 6.33. The molecule has 2 heterocycles.